The first-order valence-corrected chi connectivity index (χ1v) is 10.7. The molecule has 1 N–H and O–H groups in total. The Morgan fingerprint density at radius 1 is 1.31 bits per heavy atom. The molecule has 3 aromatic heterocycles. The number of aliphatic imine (C=N–C) groups is 1. The van der Waals surface area contributed by atoms with Crippen LogP contribution in [0.4, 0.5) is 5.82 Å². The number of anilines is 1. The van der Waals surface area contributed by atoms with Gasteiger partial charge in [0, 0.05) is 41.0 Å². The van der Waals surface area contributed by atoms with Gasteiger partial charge in [0.2, 0.25) is 5.91 Å². The van der Waals surface area contributed by atoms with Crippen LogP contribution in [0.2, 0.25) is 0 Å². The van der Waals surface area contributed by atoms with Gasteiger partial charge in [0.25, 0.3) is 0 Å². The molecule has 32 heavy (non-hydrogen) atoms. The highest BCUT2D eigenvalue weighted by Gasteiger charge is 2.25. The molecule has 0 aromatic carbocycles. The molecule has 1 fully saturated rings. The Bertz CT molecular complexity index is 1190. The smallest absolute Gasteiger partial charge is 0.247 e. The molecule has 0 bridgehead atoms. The lowest BCUT2D eigenvalue weighted by molar-refractivity contribution is -0.117. The zero-order valence-electron chi connectivity index (χ0n) is 18.6. The molecule has 164 valence electrons. The van der Waals surface area contributed by atoms with Crippen molar-refractivity contribution in [3.05, 3.63) is 72.6 Å². The van der Waals surface area contributed by atoms with Crippen LogP contribution in [-0.2, 0) is 11.3 Å². The highest BCUT2D eigenvalue weighted by molar-refractivity contribution is 6.08. The van der Waals surface area contributed by atoms with Crippen molar-refractivity contribution in [2.45, 2.75) is 46.2 Å². The Labute approximate surface area is 187 Å². The summed E-state index contributed by atoms with van der Waals surface area (Å²) in [5.41, 5.74) is 5.43. The van der Waals surface area contributed by atoms with Crippen LogP contribution in [0.25, 0.3) is 11.1 Å². The van der Waals surface area contributed by atoms with Gasteiger partial charge < -0.3 is 5.32 Å². The normalized spacial score (nSPS) is 14.2. The maximum absolute atomic E-state index is 12.6. The minimum absolute atomic E-state index is 0.105. The van der Waals surface area contributed by atoms with E-state index in [1.807, 2.05) is 43.8 Å². The molecule has 0 atom stereocenters. The van der Waals surface area contributed by atoms with Crippen molar-refractivity contribution < 1.29 is 4.79 Å². The molecule has 3 heterocycles. The van der Waals surface area contributed by atoms with E-state index in [9.17, 15) is 4.79 Å². The van der Waals surface area contributed by atoms with Crippen LogP contribution >= 0.6 is 0 Å². The van der Waals surface area contributed by atoms with Gasteiger partial charge in [-0.3, -0.25) is 19.2 Å². The van der Waals surface area contributed by atoms with E-state index < -0.39 is 0 Å². The van der Waals surface area contributed by atoms with Crippen LogP contribution in [0.3, 0.4) is 0 Å². The number of nitrogens with one attached hydrogen (secondary N) is 1. The summed E-state index contributed by atoms with van der Waals surface area (Å²) in [6.07, 6.45) is 13.2. The van der Waals surface area contributed by atoms with Crippen LogP contribution < -0.4 is 5.32 Å². The van der Waals surface area contributed by atoms with Gasteiger partial charge in [0.15, 0.2) is 0 Å². The van der Waals surface area contributed by atoms with E-state index in [0.29, 0.717) is 17.6 Å². The zero-order chi connectivity index (χ0) is 22.7. The van der Waals surface area contributed by atoms with Crippen LogP contribution in [0, 0.1) is 13.8 Å². The van der Waals surface area contributed by atoms with Crippen molar-refractivity contribution in [2.24, 2.45) is 4.99 Å². The Balaban J connectivity index is 1.44. The molecule has 1 saturated carbocycles. The van der Waals surface area contributed by atoms with Gasteiger partial charge in [-0.2, -0.15) is 10.2 Å². The maximum Gasteiger partial charge on any atom is 0.247 e. The standard InChI is InChI=1S/C24H27N7O/c1-5-11-25-21(6-2)18-7-10-22(26-12-18)28-23(32)15-30-17(4)24(16(3)29-30)19-13-27-31(14-19)20-8-9-20/h5-7,10-14,20H,2,8-9,15H2,1,3-4H3,(H,26,28,32)/b11-5-,25-21+. The molecule has 1 aliphatic carbocycles. The number of pyridine rings is 1. The van der Waals surface area contributed by atoms with Gasteiger partial charge in [-0.15, -0.1) is 0 Å². The quantitative estimate of drug-likeness (QED) is 0.542. The molecule has 8 heteroatoms. The minimum atomic E-state index is -0.192. The molecule has 0 aliphatic heterocycles. The van der Waals surface area contributed by atoms with E-state index in [1.165, 1.54) is 12.8 Å². The van der Waals surface area contributed by atoms with Crippen LogP contribution in [0.15, 0.2) is 60.6 Å². The summed E-state index contributed by atoms with van der Waals surface area (Å²) in [5.74, 6) is 0.281. The molecular formula is C24H27N7O. The van der Waals surface area contributed by atoms with Crippen molar-refractivity contribution in [1.82, 2.24) is 24.5 Å². The topological polar surface area (TPSA) is 90.0 Å². The van der Waals surface area contributed by atoms with Gasteiger partial charge in [0.1, 0.15) is 12.4 Å². The lowest BCUT2D eigenvalue weighted by atomic mass is 10.1. The molecule has 0 radical (unpaired) electrons. The van der Waals surface area contributed by atoms with E-state index in [1.54, 1.807) is 29.2 Å². The second kappa shape index (κ2) is 9.13. The highest BCUT2D eigenvalue weighted by Crippen LogP contribution is 2.36. The average molecular weight is 430 g/mol. The van der Waals surface area contributed by atoms with Crippen molar-refractivity contribution in [2.75, 3.05) is 5.32 Å². The third-order valence-electron chi connectivity index (χ3n) is 5.37. The number of carbonyl (C=O) groups is 1. The summed E-state index contributed by atoms with van der Waals surface area (Å²) in [5, 5.41) is 11.9. The van der Waals surface area contributed by atoms with Crippen LogP contribution in [0.1, 0.15) is 42.8 Å². The first kappa shape index (κ1) is 21.4. The molecule has 4 rings (SSSR count). The van der Waals surface area contributed by atoms with Gasteiger partial charge in [0.05, 0.1) is 23.6 Å². The third-order valence-corrected chi connectivity index (χ3v) is 5.37. The van der Waals surface area contributed by atoms with Gasteiger partial charge in [-0.25, -0.2) is 4.98 Å². The molecule has 1 amide bonds. The number of allylic oxidation sites excluding steroid dienone is 2. The second-order valence-electron chi connectivity index (χ2n) is 7.82. The average Bonchev–Trinajstić information content (AvgIpc) is 3.46. The number of nitrogens with zero attached hydrogens (tertiary/aromatic N) is 6. The summed E-state index contributed by atoms with van der Waals surface area (Å²) < 4.78 is 3.75. The van der Waals surface area contributed by atoms with Crippen LogP contribution in [0.5, 0.6) is 0 Å². The Morgan fingerprint density at radius 3 is 2.78 bits per heavy atom. The van der Waals surface area contributed by atoms with E-state index in [-0.39, 0.29) is 12.5 Å². The van der Waals surface area contributed by atoms with Crippen LogP contribution in [-0.4, -0.2) is 36.2 Å². The fourth-order valence-corrected chi connectivity index (χ4v) is 3.61. The van der Waals surface area contributed by atoms with E-state index in [2.05, 4.69) is 38.3 Å². The number of amides is 1. The number of carbonyl (C=O) groups excluding carboxylic acids is 1. The fourth-order valence-electron chi connectivity index (χ4n) is 3.61. The summed E-state index contributed by atoms with van der Waals surface area (Å²) in [6, 6.07) is 4.13. The predicted molar refractivity (Wildman–Crippen MR) is 126 cm³/mol. The lowest BCUT2D eigenvalue weighted by Crippen LogP contribution is -2.21. The first-order chi connectivity index (χ1) is 15.5. The van der Waals surface area contributed by atoms with E-state index >= 15 is 0 Å². The van der Waals surface area contributed by atoms with Crippen molar-refractivity contribution in [3.63, 3.8) is 0 Å². The van der Waals surface area contributed by atoms with Crippen molar-refractivity contribution in [1.29, 1.82) is 0 Å². The first-order valence-electron chi connectivity index (χ1n) is 10.7. The van der Waals surface area contributed by atoms with Gasteiger partial charge in [-0.05, 0) is 51.8 Å². The Kier molecular flexibility index (Phi) is 6.11. The summed E-state index contributed by atoms with van der Waals surface area (Å²) in [7, 11) is 0. The lowest BCUT2D eigenvalue weighted by Gasteiger charge is -2.07. The summed E-state index contributed by atoms with van der Waals surface area (Å²) in [4.78, 5) is 21.3. The third kappa shape index (κ3) is 4.59. The summed E-state index contributed by atoms with van der Waals surface area (Å²) in [6.45, 7) is 9.72. The molecule has 1 aliphatic rings. The van der Waals surface area contributed by atoms with Crippen molar-refractivity contribution >= 4 is 17.4 Å². The number of hydrogen-bond acceptors (Lipinski definition) is 5. The Hall–Kier alpha value is -3.81. The monoisotopic (exact) mass is 429 g/mol. The van der Waals surface area contributed by atoms with E-state index in [0.717, 1.165) is 28.1 Å². The molecule has 0 spiro atoms. The maximum atomic E-state index is 12.6. The van der Waals surface area contributed by atoms with Gasteiger partial charge >= 0.3 is 0 Å². The van der Waals surface area contributed by atoms with Crippen molar-refractivity contribution in [3.8, 4) is 11.1 Å². The number of aryl methyl sites for hydroxylation is 1. The largest absolute Gasteiger partial charge is 0.309 e. The summed E-state index contributed by atoms with van der Waals surface area (Å²) >= 11 is 0. The Morgan fingerprint density at radius 2 is 2.12 bits per heavy atom. The predicted octanol–water partition coefficient (Wildman–Crippen LogP) is 4.24. The number of hydrogen-bond donors (Lipinski definition) is 1. The molecule has 3 aromatic rings. The molecule has 0 saturated heterocycles. The molecular weight excluding hydrogens is 402 g/mol. The fraction of sp³-hybridized carbons (Fsp3) is 0.292. The highest BCUT2D eigenvalue weighted by atomic mass is 16.2. The zero-order valence-corrected chi connectivity index (χ0v) is 18.6. The molecule has 8 nitrogen and oxygen atoms in total. The molecule has 0 unspecified atom stereocenters. The minimum Gasteiger partial charge on any atom is -0.309 e. The SMILES string of the molecule is C=C/C(=N\C=C/C)c1ccc(NC(=O)Cn2nc(C)c(-c3cnn(C4CC4)c3)c2C)nc1. The number of aromatic nitrogens is 5. The van der Waals surface area contributed by atoms with E-state index in [4.69, 9.17) is 0 Å². The second-order valence-corrected chi connectivity index (χ2v) is 7.82. The number of rotatable bonds is 8. The van der Waals surface area contributed by atoms with Gasteiger partial charge in [-0.1, -0.05) is 12.7 Å².